The fraction of sp³-hybridized carbons (Fsp3) is 0.476. The van der Waals surface area contributed by atoms with E-state index < -0.39 is 43.3 Å². The summed E-state index contributed by atoms with van der Waals surface area (Å²) in [5.41, 5.74) is 0.357. The summed E-state index contributed by atoms with van der Waals surface area (Å²) < 4.78 is 36.5. The fourth-order valence-electron chi connectivity index (χ4n) is 3.29. The van der Waals surface area contributed by atoms with Gasteiger partial charge in [-0.05, 0) is 45.7 Å². The normalized spacial score (nSPS) is 20.7. The van der Waals surface area contributed by atoms with E-state index in [2.05, 4.69) is 14.8 Å². The predicted octanol–water partition coefficient (Wildman–Crippen LogP) is 2.19. The average Bonchev–Trinajstić information content (AvgIpc) is 3.25. The SMILES string of the molecule is COC(=O)C(C)NP(=O)(OC[C@@H]1CC[C@H](n2cc(C)c(=O)[nH]c2=O)O1)Oc1ccc(C)cc1. The number of ether oxygens (including phenoxy) is 2. The number of hydrogen-bond acceptors (Lipinski definition) is 8. The van der Waals surface area contributed by atoms with Crippen LogP contribution in [0.3, 0.4) is 0 Å². The first-order valence-corrected chi connectivity index (χ1v) is 12.0. The second-order valence-electron chi connectivity index (χ2n) is 7.84. The lowest BCUT2D eigenvalue weighted by Crippen LogP contribution is -2.35. The smallest absolute Gasteiger partial charge is 0.459 e. The average molecular weight is 481 g/mol. The van der Waals surface area contributed by atoms with Crippen molar-refractivity contribution in [2.75, 3.05) is 13.7 Å². The summed E-state index contributed by atoms with van der Waals surface area (Å²) in [5, 5.41) is 2.58. The molecule has 1 fully saturated rings. The van der Waals surface area contributed by atoms with Crippen molar-refractivity contribution in [2.45, 2.75) is 52.0 Å². The highest BCUT2D eigenvalue weighted by Gasteiger charge is 2.35. The third kappa shape index (κ3) is 6.42. The standard InChI is InChI=1S/C21H28N3O8P/c1-13-5-7-16(8-6-13)32-33(28,23-15(3)20(26)29-4)30-12-17-9-10-18(31-17)24-11-14(2)19(25)22-21(24)27/h5-8,11,15,17-18H,9-10,12H2,1-4H3,(H,23,28)(H,22,25,27)/t15?,17-,18+,33?/m0/s1. The largest absolute Gasteiger partial charge is 0.468 e. The van der Waals surface area contributed by atoms with Gasteiger partial charge in [-0.3, -0.25) is 23.7 Å². The summed E-state index contributed by atoms with van der Waals surface area (Å²) in [5.74, 6) is -0.328. The minimum absolute atomic E-state index is 0.113. The molecule has 12 heteroatoms. The number of nitrogens with one attached hydrogen (secondary N) is 2. The number of aromatic amines is 1. The Bertz CT molecular complexity index is 1140. The van der Waals surface area contributed by atoms with Gasteiger partial charge in [-0.15, -0.1) is 0 Å². The molecule has 0 spiro atoms. The van der Waals surface area contributed by atoms with Crippen LogP contribution in [0.25, 0.3) is 0 Å². The molecule has 2 N–H and O–H groups in total. The van der Waals surface area contributed by atoms with Gasteiger partial charge in [-0.2, -0.15) is 5.09 Å². The van der Waals surface area contributed by atoms with Crippen LogP contribution in [0.4, 0.5) is 0 Å². The predicted molar refractivity (Wildman–Crippen MR) is 119 cm³/mol. The van der Waals surface area contributed by atoms with Crippen molar-refractivity contribution in [3.8, 4) is 5.75 Å². The number of hydrogen-bond donors (Lipinski definition) is 2. The number of carbonyl (C=O) groups is 1. The van der Waals surface area contributed by atoms with Crippen molar-refractivity contribution in [3.05, 3.63) is 62.4 Å². The maximum Gasteiger partial charge on any atom is 0.459 e. The molecule has 0 radical (unpaired) electrons. The number of H-pyrrole nitrogens is 1. The fourth-order valence-corrected chi connectivity index (χ4v) is 4.81. The monoisotopic (exact) mass is 481 g/mol. The lowest BCUT2D eigenvalue weighted by Gasteiger charge is -2.24. The third-order valence-electron chi connectivity index (χ3n) is 5.12. The second-order valence-corrected chi connectivity index (χ2v) is 9.53. The van der Waals surface area contributed by atoms with Crippen LogP contribution in [-0.4, -0.2) is 41.4 Å². The molecule has 2 heterocycles. The Morgan fingerprint density at radius 3 is 2.64 bits per heavy atom. The quantitative estimate of drug-likeness (QED) is 0.408. The number of methoxy groups -OCH3 is 1. The van der Waals surface area contributed by atoms with Gasteiger partial charge >= 0.3 is 19.4 Å². The zero-order valence-corrected chi connectivity index (χ0v) is 19.8. The van der Waals surface area contributed by atoms with Crippen LogP contribution < -0.4 is 20.9 Å². The van der Waals surface area contributed by atoms with Crippen molar-refractivity contribution in [2.24, 2.45) is 0 Å². The van der Waals surface area contributed by atoms with Gasteiger partial charge in [0.05, 0.1) is 19.8 Å². The molecular formula is C21H28N3O8P. The van der Waals surface area contributed by atoms with Crippen molar-refractivity contribution in [1.29, 1.82) is 0 Å². The summed E-state index contributed by atoms with van der Waals surface area (Å²) in [7, 11) is -2.77. The van der Waals surface area contributed by atoms with Crippen LogP contribution in [0, 0.1) is 13.8 Å². The molecule has 0 amide bonds. The van der Waals surface area contributed by atoms with Gasteiger partial charge in [0.2, 0.25) is 0 Å². The second kappa shape index (κ2) is 10.5. The molecule has 0 bridgehead atoms. The highest BCUT2D eigenvalue weighted by molar-refractivity contribution is 7.52. The first-order chi connectivity index (χ1) is 15.6. The van der Waals surface area contributed by atoms with Crippen LogP contribution in [0.15, 0.2) is 40.1 Å². The van der Waals surface area contributed by atoms with E-state index in [1.807, 2.05) is 6.92 Å². The van der Waals surface area contributed by atoms with E-state index in [4.69, 9.17) is 13.8 Å². The third-order valence-corrected chi connectivity index (χ3v) is 6.77. The Kier molecular flexibility index (Phi) is 7.91. The molecule has 0 aliphatic carbocycles. The van der Waals surface area contributed by atoms with Gasteiger partial charge in [0, 0.05) is 11.8 Å². The summed E-state index contributed by atoms with van der Waals surface area (Å²) in [4.78, 5) is 37.8. The number of benzene rings is 1. The molecule has 2 unspecified atom stereocenters. The molecular weight excluding hydrogens is 453 g/mol. The number of esters is 1. The molecule has 1 aromatic heterocycles. The summed E-state index contributed by atoms with van der Waals surface area (Å²) in [6, 6.07) is 5.91. The van der Waals surface area contributed by atoms with Gasteiger partial charge < -0.3 is 14.0 Å². The first-order valence-electron chi connectivity index (χ1n) is 10.4. The van der Waals surface area contributed by atoms with Gasteiger partial charge in [-0.1, -0.05) is 17.7 Å². The lowest BCUT2D eigenvalue weighted by atomic mass is 10.2. The molecule has 1 aliphatic rings. The summed E-state index contributed by atoms with van der Waals surface area (Å²) >= 11 is 0. The minimum Gasteiger partial charge on any atom is -0.468 e. The van der Waals surface area contributed by atoms with Crippen molar-refractivity contribution < 1.29 is 27.9 Å². The van der Waals surface area contributed by atoms with E-state index in [0.29, 0.717) is 24.2 Å². The van der Waals surface area contributed by atoms with Gasteiger partial charge in [-0.25, -0.2) is 9.36 Å². The van der Waals surface area contributed by atoms with Gasteiger partial charge in [0.25, 0.3) is 5.56 Å². The summed E-state index contributed by atoms with van der Waals surface area (Å²) in [6.45, 7) is 4.86. The Morgan fingerprint density at radius 1 is 1.27 bits per heavy atom. The van der Waals surface area contributed by atoms with Crippen LogP contribution in [0.5, 0.6) is 5.75 Å². The van der Waals surface area contributed by atoms with Gasteiger partial charge in [0.1, 0.15) is 18.0 Å². The Hall–Kier alpha value is -2.72. The van der Waals surface area contributed by atoms with Crippen molar-refractivity contribution >= 4 is 13.7 Å². The Balaban J connectivity index is 1.70. The van der Waals surface area contributed by atoms with E-state index >= 15 is 0 Å². The van der Waals surface area contributed by atoms with Crippen molar-refractivity contribution in [3.63, 3.8) is 0 Å². The number of carbonyl (C=O) groups excluding carboxylic acids is 1. The van der Waals surface area contributed by atoms with E-state index in [9.17, 15) is 18.9 Å². The Labute approximate surface area is 190 Å². The number of aromatic nitrogens is 2. The van der Waals surface area contributed by atoms with Crippen LogP contribution in [0.1, 0.15) is 37.1 Å². The van der Waals surface area contributed by atoms with E-state index in [0.717, 1.165) is 5.56 Å². The van der Waals surface area contributed by atoms with Crippen molar-refractivity contribution in [1.82, 2.24) is 14.6 Å². The van der Waals surface area contributed by atoms with Gasteiger partial charge in [0.15, 0.2) is 0 Å². The molecule has 1 saturated heterocycles. The molecule has 33 heavy (non-hydrogen) atoms. The highest BCUT2D eigenvalue weighted by atomic mass is 31.2. The van der Waals surface area contributed by atoms with E-state index in [1.165, 1.54) is 24.8 Å². The van der Waals surface area contributed by atoms with Crippen LogP contribution in [0.2, 0.25) is 0 Å². The molecule has 180 valence electrons. The highest BCUT2D eigenvalue weighted by Crippen LogP contribution is 2.46. The van der Waals surface area contributed by atoms with Crippen LogP contribution in [-0.2, 0) is 23.4 Å². The lowest BCUT2D eigenvalue weighted by molar-refractivity contribution is -0.142. The summed E-state index contributed by atoms with van der Waals surface area (Å²) in [6.07, 6.45) is 1.38. The molecule has 3 rings (SSSR count). The molecule has 4 atom stereocenters. The molecule has 0 saturated carbocycles. The molecule has 11 nitrogen and oxygen atoms in total. The number of aryl methyl sites for hydroxylation is 2. The topological polar surface area (TPSA) is 138 Å². The first kappa shape index (κ1) is 24.9. The minimum atomic E-state index is -3.99. The molecule has 1 aromatic carbocycles. The number of rotatable bonds is 9. The zero-order chi connectivity index (χ0) is 24.2. The zero-order valence-electron chi connectivity index (χ0n) is 18.9. The van der Waals surface area contributed by atoms with E-state index in [1.54, 1.807) is 31.2 Å². The Morgan fingerprint density at radius 2 is 1.97 bits per heavy atom. The van der Waals surface area contributed by atoms with E-state index in [-0.39, 0.29) is 6.61 Å². The maximum absolute atomic E-state index is 13.4. The molecule has 2 aromatic rings. The number of nitrogens with zero attached hydrogens (tertiary/aromatic N) is 1. The molecule has 1 aliphatic heterocycles. The van der Waals surface area contributed by atoms with Crippen LogP contribution >= 0.6 is 7.75 Å². The maximum atomic E-state index is 13.4.